The lowest BCUT2D eigenvalue weighted by Gasteiger charge is -2.29. The summed E-state index contributed by atoms with van der Waals surface area (Å²) in [6.07, 6.45) is 0.704. The number of hydrogen-bond donors (Lipinski definition) is 2. The molecule has 0 bridgehead atoms. The summed E-state index contributed by atoms with van der Waals surface area (Å²) in [5.74, 6) is 0.637. The SMILES string of the molecule is CNCC(=O)NCCCN1C(=O)COc2ccccc21. The zero-order chi connectivity index (χ0) is 14.4. The van der Waals surface area contributed by atoms with E-state index in [9.17, 15) is 9.59 Å². The summed E-state index contributed by atoms with van der Waals surface area (Å²) in [6.45, 7) is 1.49. The Hall–Kier alpha value is -2.08. The van der Waals surface area contributed by atoms with Crippen LogP contribution in [0.15, 0.2) is 24.3 Å². The first kappa shape index (κ1) is 14.3. The summed E-state index contributed by atoms with van der Waals surface area (Å²) < 4.78 is 5.37. The molecular weight excluding hydrogens is 258 g/mol. The molecule has 1 aliphatic rings. The van der Waals surface area contributed by atoms with Gasteiger partial charge < -0.3 is 20.3 Å². The average Bonchev–Trinajstić information content (AvgIpc) is 2.45. The monoisotopic (exact) mass is 277 g/mol. The van der Waals surface area contributed by atoms with Gasteiger partial charge in [0.1, 0.15) is 5.75 Å². The van der Waals surface area contributed by atoms with Gasteiger partial charge in [-0.1, -0.05) is 12.1 Å². The molecule has 20 heavy (non-hydrogen) atoms. The Balaban J connectivity index is 1.86. The Morgan fingerprint density at radius 2 is 2.20 bits per heavy atom. The second-order valence-electron chi connectivity index (χ2n) is 4.54. The molecule has 6 heteroatoms. The molecule has 0 atom stereocenters. The van der Waals surface area contributed by atoms with E-state index in [1.165, 1.54) is 0 Å². The number of amides is 2. The standard InChI is InChI=1S/C14H19N3O3/c1-15-9-13(18)16-7-4-8-17-11-5-2-3-6-12(11)20-10-14(17)19/h2-3,5-6,15H,4,7-10H2,1H3,(H,16,18). The molecule has 1 aromatic rings. The molecule has 0 aromatic heterocycles. The smallest absolute Gasteiger partial charge is 0.265 e. The molecule has 2 N–H and O–H groups in total. The normalized spacial score (nSPS) is 13.7. The van der Waals surface area contributed by atoms with E-state index in [1.54, 1.807) is 11.9 Å². The van der Waals surface area contributed by atoms with Crippen LogP contribution in [0.4, 0.5) is 5.69 Å². The van der Waals surface area contributed by atoms with E-state index < -0.39 is 0 Å². The van der Waals surface area contributed by atoms with Gasteiger partial charge in [-0.2, -0.15) is 0 Å². The molecule has 1 aromatic carbocycles. The first-order valence-electron chi connectivity index (χ1n) is 6.66. The van der Waals surface area contributed by atoms with Gasteiger partial charge in [0.15, 0.2) is 6.61 Å². The molecule has 0 saturated heterocycles. The molecular formula is C14H19N3O3. The Morgan fingerprint density at radius 3 is 3.00 bits per heavy atom. The van der Waals surface area contributed by atoms with Crippen LogP contribution in [0, 0.1) is 0 Å². The van der Waals surface area contributed by atoms with Crippen LogP contribution < -0.4 is 20.3 Å². The first-order valence-corrected chi connectivity index (χ1v) is 6.66. The van der Waals surface area contributed by atoms with Gasteiger partial charge in [-0.05, 0) is 25.6 Å². The number of rotatable bonds is 6. The maximum absolute atomic E-state index is 11.9. The van der Waals surface area contributed by atoms with Gasteiger partial charge in [0.25, 0.3) is 5.91 Å². The number of anilines is 1. The highest BCUT2D eigenvalue weighted by molar-refractivity contribution is 5.97. The predicted octanol–water partition coefficient (Wildman–Crippen LogP) is 0.138. The molecule has 2 amide bonds. The van der Waals surface area contributed by atoms with Crippen LogP contribution >= 0.6 is 0 Å². The minimum atomic E-state index is -0.0507. The number of hydrogen-bond acceptors (Lipinski definition) is 4. The van der Waals surface area contributed by atoms with Crippen molar-refractivity contribution in [2.45, 2.75) is 6.42 Å². The van der Waals surface area contributed by atoms with Crippen molar-refractivity contribution < 1.29 is 14.3 Å². The van der Waals surface area contributed by atoms with Crippen LogP contribution in [-0.4, -0.2) is 45.1 Å². The summed E-state index contributed by atoms with van der Waals surface area (Å²) in [6, 6.07) is 7.47. The van der Waals surface area contributed by atoms with E-state index in [0.717, 1.165) is 11.4 Å². The molecule has 1 aliphatic heterocycles. The third kappa shape index (κ3) is 3.48. The Bertz CT molecular complexity index is 490. The molecule has 0 saturated carbocycles. The molecule has 0 spiro atoms. The second-order valence-corrected chi connectivity index (χ2v) is 4.54. The fourth-order valence-corrected chi connectivity index (χ4v) is 2.09. The number of carbonyl (C=O) groups excluding carboxylic acids is 2. The zero-order valence-electron chi connectivity index (χ0n) is 11.5. The summed E-state index contributed by atoms with van der Waals surface area (Å²) in [5, 5.41) is 5.58. The van der Waals surface area contributed by atoms with Crippen molar-refractivity contribution >= 4 is 17.5 Å². The van der Waals surface area contributed by atoms with Crippen molar-refractivity contribution in [3.63, 3.8) is 0 Å². The number of benzene rings is 1. The van der Waals surface area contributed by atoms with Crippen LogP contribution in [0.1, 0.15) is 6.42 Å². The minimum Gasteiger partial charge on any atom is -0.482 e. The summed E-state index contributed by atoms with van der Waals surface area (Å²) in [5.41, 5.74) is 0.797. The van der Waals surface area contributed by atoms with Gasteiger partial charge in [-0.15, -0.1) is 0 Å². The van der Waals surface area contributed by atoms with E-state index in [-0.39, 0.29) is 18.4 Å². The van der Waals surface area contributed by atoms with Crippen molar-refractivity contribution in [3.05, 3.63) is 24.3 Å². The fourth-order valence-electron chi connectivity index (χ4n) is 2.09. The Labute approximate surface area is 118 Å². The van der Waals surface area contributed by atoms with Crippen molar-refractivity contribution in [1.82, 2.24) is 10.6 Å². The number of carbonyl (C=O) groups is 2. The van der Waals surface area contributed by atoms with Crippen LogP contribution in [0.5, 0.6) is 5.75 Å². The molecule has 0 fully saturated rings. The average molecular weight is 277 g/mol. The second kappa shape index (κ2) is 6.91. The van der Waals surface area contributed by atoms with Crippen LogP contribution in [0.2, 0.25) is 0 Å². The van der Waals surface area contributed by atoms with E-state index in [2.05, 4.69) is 10.6 Å². The number of nitrogens with zero attached hydrogens (tertiary/aromatic N) is 1. The lowest BCUT2D eigenvalue weighted by atomic mass is 10.2. The van der Waals surface area contributed by atoms with Gasteiger partial charge in [0.05, 0.1) is 12.2 Å². The predicted molar refractivity (Wildman–Crippen MR) is 75.8 cm³/mol. The van der Waals surface area contributed by atoms with E-state index >= 15 is 0 Å². The van der Waals surface area contributed by atoms with Crippen molar-refractivity contribution in [2.75, 3.05) is 38.2 Å². The van der Waals surface area contributed by atoms with Crippen molar-refractivity contribution in [1.29, 1.82) is 0 Å². The maximum atomic E-state index is 11.9. The highest BCUT2D eigenvalue weighted by Crippen LogP contribution is 2.31. The third-order valence-corrected chi connectivity index (χ3v) is 3.03. The lowest BCUT2D eigenvalue weighted by molar-refractivity contribution is -0.121. The minimum absolute atomic E-state index is 0.0406. The maximum Gasteiger partial charge on any atom is 0.265 e. The van der Waals surface area contributed by atoms with Gasteiger partial charge >= 0.3 is 0 Å². The van der Waals surface area contributed by atoms with E-state index in [1.807, 2.05) is 24.3 Å². The van der Waals surface area contributed by atoms with Crippen LogP contribution in [0.25, 0.3) is 0 Å². The molecule has 0 radical (unpaired) electrons. The van der Waals surface area contributed by atoms with Gasteiger partial charge in [0.2, 0.25) is 5.91 Å². The number of nitrogens with one attached hydrogen (secondary N) is 2. The molecule has 108 valence electrons. The highest BCUT2D eigenvalue weighted by Gasteiger charge is 2.24. The highest BCUT2D eigenvalue weighted by atomic mass is 16.5. The number of ether oxygens (including phenoxy) is 1. The van der Waals surface area contributed by atoms with Crippen molar-refractivity contribution in [2.24, 2.45) is 0 Å². The molecule has 0 aliphatic carbocycles. The van der Waals surface area contributed by atoms with Crippen LogP contribution in [-0.2, 0) is 9.59 Å². The Morgan fingerprint density at radius 1 is 1.40 bits per heavy atom. The quantitative estimate of drug-likeness (QED) is 0.726. The topological polar surface area (TPSA) is 70.7 Å². The molecule has 0 unspecified atom stereocenters. The summed E-state index contributed by atoms with van der Waals surface area (Å²) >= 11 is 0. The van der Waals surface area contributed by atoms with Gasteiger partial charge in [-0.25, -0.2) is 0 Å². The zero-order valence-corrected chi connectivity index (χ0v) is 11.5. The van der Waals surface area contributed by atoms with Gasteiger partial charge in [-0.3, -0.25) is 9.59 Å². The number of fused-ring (bicyclic) bond motifs is 1. The number of likely N-dealkylation sites (N-methyl/N-ethyl adjacent to an activating group) is 1. The molecule has 2 rings (SSSR count). The lowest BCUT2D eigenvalue weighted by Crippen LogP contribution is -2.41. The molecule has 6 nitrogen and oxygen atoms in total. The fraction of sp³-hybridized carbons (Fsp3) is 0.429. The van der Waals surface area contributed by atoms with Gasteiger partial charge in [0, 0.05) is 13.1 Å². The molecule has 1 heterocycles. The van der Waals surface area contributed by atoms with Crippen molar-refractivity contribution in [3.8, 4) is 5.75 Å². The Kier molecular flexibility index (Phi) is 4.95. The summed E-state index contributed by atoms with van der Waals surface area (Å²) in [7, 11) is 1.73. The van der Waals surface area contributed by atoms with Crippen LogP contribution in [0.3, 0.4) is 0 Å². The third-order valence-electron chi connectivity index (χ3n) is 3.03. The number of para-hydroxylation sites is 2. The largest absolute Gasteiger partial charge is 0.482 e. The first-order chi connectivity index (χ1) is 9.72. The summed E-state index contributed by atoms with van der Waals surface area (Å²) in [4.78, 5) is 24.9. The van der Waals surface area contributed by atoms with E-state index in [0.29, 0.717) is 26.1 Å². The van der Waals surface area contributed by atoms with E-state index in [4.69, 9.17) is 4.74 Å².